The Balaban J connectivity index is 2.64. The smallest absolute Gasteiger partial charge is 0.315 e. The first-order chi connectivity index (χ1) is 5.61. The van der Waals surface area contributed by atoms with Crippen LogP contribution in [0.4, 0.5) is 14.5 Å². The summed E-state index contributed by atoms with van der Waals surface area (Å²) in [4.78, 5) is 10.4. The van der Waals surface area contributed by atoms with Gasteiger partial charge in [-0.1, -0.05) is 11.6 Å². The van der Waals surface area contributed by atoms with E-state index < -0.39 is 12.3 Å². The molecule has 1 heterocycles. The molecule has 0 atom stereocenters. The number of thiophene rings is 1. The van der Waals surface area contributed by atoms with Crippen LogP contribution < -0.4 is 5.32 Å². The second-order valence-corrected chi connectivity index (χ2v) is 3.42. The fraction of sp³-hybridized carbons (Fsp3) is 0.167. The molecule has 0 aliphatic heterocycles. The summed E-state index contributed by atoms with van der Waals surface area (Å²) in [7, 11) is 0. The van der Waals surface area contributed by atoms with Gasteiger partial charge in [0.1, 0.15) is 4.34 Å². The van der Waals surface area contributed by atoms with Crippen molar-refractivity contribution in [3.8, 4) is 0 Å². The first-order valence-electron chi connectivity index (χ1n) is 2.93. The number of halogens is 3. The number of anilines is 1. The maximum absolute atomic E-state index is 11.7. The lowest BCUT2D eigenvalue weighted by molar-refractivity contribution is -0.126. The number of hydrogen-bond donors (Lipinski definition) is 1. The molecule has 0 aliphatic rings. The van der Waals surface area contributed by atoms with Crippen molar-refractivity contribution >= 4 is 34.5 Å². The SMILES string of the molecule is O=C(Nc1ccsc1Cl)C(F)F. The number of hydrogen-bond acceptors (Lipinski definition) is 2. The Morgan fingerprint density at radius 1 is 1.67 bits per heavy atom. The lowest BCUT2D eigenvalue weighted by atomic mass is 10.5. The van der Waals surface area contributed by atoms with E-state index in [0.29, 0.717) is 4.34 Å². The molecular formula is C6H4ClF2NOS. The Bertz CT molecular complexity index is 289. The largest absolute Gasteiger partial charge is 0.319 e. The summed E-state index contributed by atoms with van der Waals surface area (Å²) in [5.41, 5.74) is 0.229. The molecule has 0 bridgehead atoms. The van der Waals surface area contributed by atoms with Gasteiger partial charge in [0, 0.05) is 0 Å². The highest BCUT2D eigenvalue weighted by atomic mass is 35.5. The zero-order chi connectivity index (χ0) is 9.14. The standard InChI is InChI=1S/C6H4ClF2NOS/c7-4-3(1-2-12-4)10-6(11)5(8)9/h1-2,5H,(H,10,11). The quantitative estimate of drug-likeness (QED) is 0.801. The molecule has 0 saturated carbocycles. The van der Waals surface area contributed by atoms with Crippen LogP contribution >= 0.6 is 22.9 Å². The minimum Gasteiger partial charge on any atom is -0.319 e. The maximum atomic E-state index is 11.7. The van der Waals surface area contributed by atoms with Crippen LogP contribution in [0.15, 0.2) is 11.4 Å². The Morgan fingerprint density at radius 2 is 2.33 bits per heavy atom. The van der Waals surface area contributed by atoms with Crippen molar-refractivity contribution < 1.29 is 13.6 Å². The zero-order valence-electron chi connectivity index (χ0n) is 5.68. The van der Waals surface area contributed by atoms with E-state index >= 15 is 0 Å². The Hall–Kier alpha value is -0.680. The van der Waals surface area contributed by atoms with Gasteiger partial charge in [-0.15, -0.1) is 11.3 Å². The van der Waals surface area contributed by atoms with Crippen LogP contribution in [-0.2, 0) is 4.79 Å². The molecular weight excluding hydrogens is 208 g/mol. The van der Waals surface area contributed by atoms with E-state index in [0.717, 1.165) is 11.3 Å². The first-order valence-corrected chi connectivity index (χ1v) is 4.19. The van der Waals surface area contributed by atoms with Gasteiger partial charge in [0.25, 0.3) is 5.91 Å². The van der Waals surface area contributed by atoms with E-state index in [1.54, 1.807) is 5.38 Å². The third-order valence-corrected chi connectivity index (χ3v) is 2.24. The molecule has 1 aromatic rings. The molecule has 0 unspecified atom stereocenters. The molecule has 0 aliphatic carbocycles. The van der Waals surface area contributed by atoms with E-state index in [4.69, 9.17) is 11.6 Å². The summed E-state index contributed by atoms with van der Waals surface area (Å²) < 4.78 is 23.7. The normalized spacial score (nSPS) is 10.3. The average Bonchev–Trinajstić information content (AvgIpc) is 2.36. The molecule has 0 spiro atoms. The van der Waals surface area contributed by atoms with E-state index in [-0.39, 0.29) is 5.69 Å². The molecule has 0 saturated heterocycles. The third-order valence-electron chi connectivity index (χ3n) is 1.07. The maximum Gasteiger partial charge on any atom is 0.315 e. The van der Waals surface area contributed by atoms with Gasteiger partial charge in [-0.2, -0.15) is 8.78 Å². The zero-order valence-corrected chi connectivity index (χ0v) is 7.25. The Labute approximate surface area is 76.1 Å². The molecule has 66 valence electrons. The van der Waals surface area contributed by atoms with Crippen molar-refractivity contribution in [3.05, 3.63) is 15.8 Å². The monoisotopic (exact) mass is 211 g/mol. The molecule has 0 aromatic carbocycles. The summed E-state index contributed by atoms with van der Waals surface area (Å²) in [6.45, 7) is 0. The number of amides is 1. The van der Waals surface area contributed by atoms with Gasteiger partial charge < -0.3 is 5.32 Å². The summed E-state index contributed by atoms with van der Waals surface area (Å²) in [6.07, 6.45) is -3.01. The van der Waals surface area contributed by atoms with Crippen molar-refractivity contribution in [2.45, 2.75) is 6.43 Å². The fourth-order valence-corrected chi connectivity index (χ4v) is 1.40. The highest BCUT2D eigenvalue weighted by molar-refractivity contribution is 7.15. The van der Waals surface area contributed by atoms with Crippen molar-refractivity contribution in [1.82, 2.24) is 0 Å². The van der Waals surface area contributed by atoms with Gasteiger partial charge in [0.2, 0.25) is 0 Å². The van der Waals surface area contributed by atoms with Gasteiger partial charge in [-0.05, 0) is 11.4 Å². The summed E-state index contributed by atoms with van der Waals surface area (Å²) in [5, 5.41) is 3.58. The molecule has 1 aromatic heterocycles. The fourth-order valence-electron chi connectivity index (χ4n) is 0.569. The predicted molar refractivity (Wildman–Crippen MR) is 44.0 cm³/mol. The highest BCUT2D eigenvalue weighted by Crippen LogP contribution is 2.27. The van der Waals surface area contributed by atoms with Crippen molar-refractivity contribution in [1.29, 1.82) is 0 Å². The minimum atomic E-state index is -3.01. The molecule has 1 rings (SSSR count). The van der Waals surface area contributed by atoms with Crippen LogP contribution in [-0.4, -0.2) is 12.3 Å². The molecule has 1 N–H and O–H groups in total. The van der Waals surface area contributed by atoms with Gasteiger partial charge in [0.05, 0.1) is 5.69 Å². The number of carbonyl (C=O) groups excluding carboxylic acids is 1. The molecule has 0 radical (unpaired) electrons. The van der Waals surface area contributed by atoms with E-state index in [1.807, 2.05) is 5.32 Å². The number of rotatable bonds is 2. The van der Waals surface area contributed by atoms with Gasteiger partial charge in [-0.25, -0.2) is 0 Å². The lowest BCUT2D eigenvalue weighted by Crippen LogP contribution is -2.19. The number of nitrogens with one attached hydrogen (secondary N) is 1. The van der Waals surface area contributed by atoms with Gasteiger partial charge in [0.15, 0.2) is 0 Å². The Morgan fingerprint density at radius 3 is 2.75 bits per heavy atom. The number of alkyl halides is 2. The highest BCUT2D eigenvalue weighted by Gasteiger charge is 2.16. The van der Waals surface area contributed by atoms with Crippen LogP contribution in [0, 0.1) is 0 Å². The van der Waals surface area contributed by atoms with Crippen molar-refractivity contribution in [2.24, 2.45) is 0 Å². The molecule has 12 heavy (non-hydrogen) atoms. The summed E-state index contributed by atoms with van der Waals surface area (Å²) in [5.74, 6) is -1.34. The molecule has 2 nitrogen and oxygen atoms in total. The summed E-state index contributed by atoms with van der Waals surface area (Å²) >= 11 is 6.71. The average molecular weight is 212 g/mol. The lowest BCUT2D eigenvalue weighted by Gasteiger charge is -2.00. The number of carbonyl (C=O) groups is 1. The molecule has 6 heteroatoms. The van der Waals surface area contributed by atoms with Crippen LogP contribution in [0.3, 0.4) is 0 Å². The van der Waals surface area contributed by atoms with E-state index in [2.05, 4.69) is 0 Å². The van der Waals surface area contributed by atoms with E-state index in [1.165, 1.54) is 6.07 Å². The Kier molecular flexibility index (Phi) is 2.99. The van der Waals surface area contributed by atoms with Crippen LogP contribution in [0.2, 0.25) is 4.34 Å². The summed E-state index contributed by atoms with van der Waals surface area (Å²) in [6, 6.07) is 1.47. The van der Waals surface area contributed by atoms with Crippen molar-refractivity contribution in [3.63, 3.8) is 0 Å². The van der Waals surface area contributed by atoms with Crippen LogP contribution in [0.1, 0.15) is 0 Å². The van der Waals surface area contributed by atoms with Crippen LogP contribution in [0.25, 0.3) is 0 Å². The van der Waals surface area contributed by atoms with Gasteiger partial charge >= 0.3 is 6.43 Å². The second kappa shape index (κ2) is 3.82. The third kappa shape index (κ3) is 2.15. The molecule has 1 amide bonds. The molecule has 0 fully saturated rings. The van der Waals surface area contributed by atoms with Crippen LogP contribution in [0.5, 0.6) is 0 Å². The topological polar surface area (TPSA) is 29.1 Å². The predicted octanol–water partition coefficient (Wildman–Crippen LogP) is 2.61. The van der Waals surface area contributed by atoms with Crippen molar-refractivity contribution in [2.75, 3.05) is 5.32 Å². The van der Waals surface area contributed by atoms with Gasteiger partial charge in [-0.3, -0.25) is 4.79 Å². The first kappa shape index (κ1) is 9.41. The second-order valence-electron chi connectivity index (χ2n) is 1.90. The minimum absolute atomic E-state index is 0.229. The van der Waals surface area contributed by atoms with E-state index in [9.17, 15) is 13.6 Å².